The molecule has 0 saturated heterocycles. The smallest absolute Gasteiger partial charge is 0.292 e. The lowest BCUT2D eigenvalue weighted by atomic mass is 9.92. The van der Waals surface area contributed by atoms with Gasteiger partial charge in [0, 0.05) is 11.1 Å². The van der Waals surface area contributed by atoms with Gasteiger partial charge in [-0.2, -0.15) is 10.2 Å². The van der Waals surface area contributed by atoms with Crippen molar-refractivity contribution in [3.63, 3.8) is 0 Å². The Labute approximate surface area is 268 Å². The molecule has 0 aromatic heterocycles. The number of nitrogens with zero attached hydrogens (tertiary/aromatic N) is 6. The summed E-state index contributed by atoms with van der Waals surface area (Å²) in [5.41, 5.74) is 7.69. The van der Waals surface area contributed by atoms with Crippen molar-refractivity contribution in [3.8, 4) is 0 Å². The summed E-state index contributed by atoms with van der Waals surface area (Å²) in [6.07, 6.45) is 3.47. The highest BCUT2D eigenvalue weighted by molar-refractivity contribution is 7.52. The summed E-state index contributed by atoms with van der Waals surface area (Å²) < 4.78 is 51.9. The largest absolute Gasteiger partial charge is 0.437 e. The molecule has 0 spiro atoms. The summed E-state index contributed by atoms with van der Waals surface area (Å²) in [5.74, 6) is 0.652. The minimum absolute atomic E-state index is 0.237. The third-order valence-electron chi connectivity index (χ3n) is 7.13. The first kappa shape index (κ1) is 33.7. The van der Waals surface area contributed by atoms with Crippen LogP contribution in [0.1, 0.15) is 38.8 Å². The van der Waals surface area contributed by atoms with Crippen molar-refractivity contribution < 1.29 is 27.2 Å². The molecule has 0 unspecified atom stereocenters. The van der Waals surface area contributed by atoms with Gasteiger partial charge >= 0.3 is 15.5 Å². The van der Waals surface area contributed by atoms with Crippen LogP contribution < -0.4 is 10.9 Å². The molecule has 3 aromatic rings. The maximum absolute atomic E-state index is 13.4. The van der Waals surface area contributed by atoms with Crippen molar-refractivity contribution in [1.82, 2.24) is 20.2 Å². The Kier molecular flexibility index (Phi) is 11.2. The summed E-state index contributed by atoms with van der Waals surface area (Å²) >= 11 is 0. The van der Waals surface area contributed by atoms with Crippen LogP contribution >= 0.6 is 15.5 Å². The van der Waals surface area contributed by atoms with E-state index in [1.807, 2.05) is 48.5 Å². The van der Waals surface area contributed by atoms with Crippen molar-refractivity contribution >= 4 is 61.4 Å². The van der Waals surface area contributed by atoms with Gasteiger partial charge in [0.1, 0.15) is 0 Å². The minimum Gasteiger partial charge on any atom is -0.292 e. The highest BCUT2D eigenvalue weighted by Crippen LogP contribution is 2.53. The number of fused-ring (bicyclic) bond motifs is 2. The molecule has 0 radical (unpaired) electrons. The molecule has 14 nitrogen and oxygen atoms in total. The average Bonchev–Trinajstić information content (AvgIpc) is 3.73. The molecule has 2 aliphatic heterocycles. The lowest BCUT2D eigenvalue weighted by Crippen LogP contribution is -2.35. The van der Waals surface area contributed by atoms with Crippen molar-refractivity contribution in [1.29, 1.82) is 0 Å². The molecule has 0 fully saturated rings. The van der Waals surface area contributed by atoms with Gasteiger partial charge in [-0.05, 0) is 49.2 Å². The molecule has 46 heavy (non-hydrogen) atoms. The standard InChI is InChI=1S/C30H40N8O6P2/c1-5-41-45(39,42-6-2)37-19-17-31-29(37)35-33-21-27-23-13-9-11-15-25(23)28(26-16-12-10-14-24(26)27)22-34-36-30-32-18-20-38(30)46(40,43-7-3)44-8-4/h9-16,21-22H,5-8,17-20H2,1-4H3,(H,31,35)(H,32,36)/b33-21+,34-22+. The third kappa shape index (κ3) is 7.02. The van der Waals surface area contributed by atoms with Crippen LogP contribution in [0.25, 0.3) is 21.5 Å². The van der Waals surface area contributed by atoms with Gasteiger partial charge in [-0.1, -0.05) is 48.5 Å². The van der Waals surface area contributed by atoms with E-state index in [0.717, 1.165) is 32.7 Å². The fourth-order valence-corrected chi connectivity index (χ4v) is 8.69. The lowest BCUT2D eigenvalue weighted by Gasteiger charge is -2.27. The second kappa shape index (κ2) is 15.3. The number of hydrogen-bond donors (Lipinski definition) is 2. The third-order valence-corrected chi connectivity index (χ3v) is 11.4. The van der Waals surface area contributed by atoms with Gasteiger partial charge in [0.05, 0.1) is 65.0 Å². The average molecular weight is 671 g/mol. The molecular formula is C30H40N8O6P2. The summed E-state index contributed by atoms with van der Waals surface area (Å²) in [6.45, 7) is 9.69. The lowest BCUT2D eigenvalue weighted by molar-refractivity contribution is 0.189. The van der Waals surface area contributed by atoms with Gasteiger partial charge in [0.2, 0.25) is 11.9 Å². The van der Waals surface area contributed by atoms with E-state index < -0.39 is 15.5 Å². The van der Waals surface area contributed by atoms with Gasteiger partial charge < -0.3 is 0 Å². The molecule has 0 atom stereocenters. The number of guanidine groups is 2. The Morgan fingerprint density at radius 3 is 1.28 bits per heavy atom. The zero-order valence-corrected chi connectivity index (χ0v) is 28.2. The van der Waals surface area contributed by atoms with Crippen LogP contribution in [-0.4, -0.2) is 86.3 Å². The summed E-state index contributed by atoms with van der Waals surface area (Å²) in [7, 11) is -7.11. The van der Waals surface area contributed by atoms with E-state index in [4.69, 9.17) is 18.1 Å². The number of nitrogens with one attached hydrogen (secondary N) is 2. The van der Waals surface area contributed by atoms with E-state index in [1.54, 1.807) is 40.1 Å². The summed E-state index contributed by atoms with van der Waals surface area (Å²) in [6, 6.07) is 16.0. The Morgan fingerprint density at radius 1 is 0.652 bits per heavy atom. The fraction of sp³-hybridized carbons (Fsp3) is 0.400. The highest BCUT2D eigenvalue weighted by Gasteiger charge is 2.39. The quantitative estimate of drug-likeness (QED) is 0.0968. The molecule has 3 aromatic carbocycles. The molecule has 0 amide bonds. The van der Waals surface area contributed by atoms with Crippen LogP contribution in [0.4, 0.5) is 0 Å². The second-order valence-corrected chi connectivity index (χ2v) is 13.8. The topological polar surface area (TPSA) is 151 Å². The summed E-state index contributed by atoms with van der Waals surface area (Å²) in [5, 5.41) is 12.8. The van der Waals surface area contributed by atoms with Crippen LogP contribution in [-0.2, 0) is 27.2 Å². The maximum Gasteiger partial charge on any atom is 0.437 e. The van der Waals surface area contributed by atoms with Gasteiger partial charge in [-0.15, -0.1) is 0 Å². The van der Waals surface area contributed by atoms with Gasteiger partial charge in [-0.3, -0.25) is 18.1 Å². The zero-order chi connectivity index (χ0) is 32.6. The van der Waals surface area contributed by atoms with Gasteiger partial charge in [0.15, 0.2) is 0 Å². The molecule has 2 heterocycles. The second-order valence-electron chi connectivity index (χ2n) is 9.92. The van der Waals surface area contributed by atoms with E-state index in [0.29, 0.717) is 38.1 Å². The maximum atomic E-state index is 13.4. The van der Waals surface area contributed by atoms with Crippen LogP contribution in [0.5, 0.6) is 0 Å². The first-order valence-electron chi connectivity index (χ1n) is 15.3. The van der Waals surface area contributed by atoms with E-state index in [9.17, 15) is 9.13 Å². The number of aliphatic imine (C=N–C) groups is 2. The monoisotopic (exact) mass is 670 g/mol. The Morgan fingerprint density at radius 2 is 0.978 bits per heavy atom. The van der Waals surface area contributed by atoms with E-state index in [-0.39, 0.29) is 26.4 Å². The predicted molar refractivity (Wildman–Crippen MR) is 183 cm³/mol. The van der Waals surface area contributed by atoms with Crippen LogP contribution in [0.15, 0.2) is 68.7 Å². The molecule has 16 heteroatoms. The van der Waals surface area contributed by atoms with Crippen LogP contribution in [0, 0.1) is 0 Å². The molecule has 0 bridgehead atoms. The normalized spacial score (nSPS) is 15.9. The number of hydrogen-bond acceptors (Lipinski definition) is 12. The molecule has 5 rings (SSSR count). The van der Waals surface area contributed by atoms with Gasteiger partial charge in [0.25, 0.3) is 0 Å². The van der Waals surface area contributed by atoms with Crippen molar-refractivity contribution in [2.75, 3.05) is 52.6 Å². The number of hydrazone groups is 2. The molecule has 246 valence electrons. The molecular weight excluding hydrogens is 630 g/mol. The first-order valence-corrected chi connectivity index (χ1v) is 18.3. The molecule has 2 N–H and O–H groups in total. The number of benzene rings is 3. The van der Waals surface area contributed by atoms with Crippen molar-refractivity contribution in [3.05, 3.63) is 59.7 Å². The van der Waals surface area contributed by atoms with Crippen LogP contribution in [0.2, 0.25) is 0 Å². The SMILES string of the molecule is CCOP(=O)(OCC)N1CCN=C1N/N=C/c1c2ccccc2c(/C=N/NC2=NCCN2P(=O)(OCC)OCC)c2ccccc12. The van der Waals surface area contributed by atoms with Gasteiger partial charge in [-0.25, -0.2) is 39.3 Å². The Hall–Kier alpha value is -3.64. The van der Waals surface area contributed by atoms with E-state index in [2.05, 4.69) is 31.0 Å². The Bertz CT molecular complexity index is 1560. The number of rotatable bonds is 14. The van der Waals surface area contributed by atoms with Crippen molar-refractivity contribution in [2.45, 2.75) is 27.7 Å². The molecule has 0 saturated carbocycles. The minimum atomic E-state index is -3.56. The van der Waals surface area contributed by atoms with E-state index >= 15 is 0 Å². The van der Waals surface area contributed by atoms with Crippen LogP contribution in [0.3, 0.4) is 0 Å². The van der Waals surface area contributed by atoms with Crippen molar-refractivity contribution in [2.24, 2.45) is 20.2 Å². The highest BCUT2D eigenvalue weighted by atomic mass is 31.2. The first-order chi connectivity index (χ1) is 22.4. The summed E-state index contributed by atoms with van der Waals surface area (Å²) in [4.78, 5) is 8.88. The zero-order valence-electron chi connectivity index (χ0n) is 26.5. The van der Waals surface area contributed by atoms with E-state index in [1.165, 1.54) is 9.34 Å². The molecule has 2 aliphatic rings. The predicted octanol–water partition coefficient (Wildman–Crippen LogP) is 5.55. The fourth-order valence-electron chi connectivity index (χ4n) is 5.33. The Balaban J connectivity index is 1.44. The molecule has 0 aliphatic carbocycles.